The molecule has 2 aromatic carbocycles. The molecule has 0 heterocycles. The maximum atomic E-state index is 13.8. The molecule has 2 amide bonds. The highest BCUT2D eigenvalue weighted by molar-refractivity contribution is 5.94. The summed E-state index contributed by atoms with van der Waals surface area (Å²) >= 11 is 0. The van der Waals surface area contributed by atoms with Crippen LogP contribution in [0.15, 0.2) is 42.5 Å². The SMILES string of the molecule is COc1ccc(C(=O)NCCN(Cc2ccccc2F)C(C)=O)cc1OC. The standard InChI is InChI=1S/C20H23FN2O4/c1-14(24)23(13-16-6-4-5-7-17(16)21)11-10-22-20(25)15-8-9-18(26-2)19(12-15)27-3/h4-9,12H,10-11,13H2,1-3H3,(H,22,25). The van der Waals surface area contributed by atoms with E-state index in [4.69, 9.17) is 9.47 Å². The highest BCUT2D eigenvalue weighted by Gasteiger charge is 2.14. The highest BCUT2D eigenvalue weighted by atomic mass is 19.1. The molecule has 0 aliphatic heterocycles. The van der Waals surface area contributed by atoms with Crippen LogP contribution in [0.25, 0.3) is 0 Å². The predicted octanol–water partition coefficient (Wildman–Crippen LogP) is 2.62. The van der Waals surface area contributed by atoms with Crippen molar-refractivity contribution in [3.63, 3.8) is 0 Å². The van der Waals surface area contributed by atoms with Crippen molar-refractivity contribution in [3.05, 3.63) is 59.4 Å². The van der Waals surface area contributed by atoms with Gasteiger partial charge in [0.1, 0.15) is 5.82 Å². The molecule has 0 atom stereocenters. The lowest BCUT2D eigenvalue weighted by atomic mass is 10.2. The number of nitrogens with zero attached hydrogens (tertiary/aromatic N) is 1. The summed E-state index contributed by atoms with van der Waals surface area (Å²) in [5.41, 5.74) is 0.843. The Morgan fingerprint density at radius 3 is 2.41 bits per heavy atom. The van der Waals surface area contributed by atoms with Crippen molar-refractivity contribution in [3.8, 4) is 11.5 Å². The van der Waals surface area contributed by atoms with Gasteiger partial charge in [-0.05, 0) is 24.3 Å². The lowest BCUT2D eigenvalue weighted by Gasteiger charge is -2.21. The van der Waals surface area contributed by atoms with E-state index in [1.54, 1.807) is 36.4 Å². The van der Waals surface area contributed by atoms with Crippen molar-refractivity contribution < 1.29 is 23.5 Å². The minimum Gasteiger partial charge on any atom is -0.493 e. The van der Waals surface area contributed by atoms with E-state index < -0.39 is 0 Å². The molecule has 2 rings (SSSR count). The van der Waals surface area contributed by atoms with Crippen LogP contribution in [-0.2, 0) is 11.3 Å². The maximum absolute atomic E-state index is 13.8. The number of amides is 2. The zero-order valence-electron chi connectivity index (χ0n) is 15.6. The Morgan fingerprint density at radius 1 is 1.07 bits per heavy atom. The van der Waals surface area contributed by atoms with E-state index in [1.165, 1.54) is 32.1 Å². The fraction of sp³-hybridized carbons (Fsp3) is 0.300. The van der Waals surface area contributed by atoms with Crippen LogP contribution in [0.4, 0.5) is 4.39 Å². The van der Waals surface area contributed by atoms with Crippen molar-refractivity contribution >= 4 is 11.8 Å². The van der Waals surface area contributed by atoms with Gasteiger partial charge in [-0.15, -0.1) is 0 Å². The number of rotatable bonds is 8. The molecular weight excluding hydrogens is 351 g/mol. The summed E-state index contributed by atoms with van der Waals surface area (Å²) in [7, 11) is 3.01. The minimum absolute atomic E-state index is 0.147. The number of halogens is 1. The van der Waals surface area contributed by atoms with E-state index in [0.717, 1.165) is 0 Å². The minimum atomic E-state index is -0.363. The lowest BCUT2D eigenvalue weighted by molar-refractivity contribution is -0.129. The number of hydrogen-bond acceptors (Lipinski definition) is 4. The lowest BCUT2D eigenvalue weighted by Crippen LogP contribution is -2.37. The fourth-order valence-electron chi connectivity index (χ4n) is 2.56. The number of hydrogen-bond donors (Lipinski definition) is 1. The third-order valence-electron chi connectivity index (χ3n) is 4.08. The first-order valence-corrected chi connectivity index (χ1v) is 8.45. The molecule has 1 N–H and O–H groups in total. The van der Waals surface area contributed by atoms with E-state index >= 15 is 0 Å². The monoisotopic (exact) mass is 374 g/mol. The highest BCUT2D eigenvalue weighted by Crippen LogP contribution is 2.27. The van der Waals surface area contributed by atoms with Gasteiger partial charge in [0.15, 0.2) is 11.5 Å². The number of methoxy groups -OCH3 is 2. The Kier molecular flexibility index (Phi) is 7.16. The van der Waals surface area contributed by atoms with Crippen molar-refractivity contribution in [1.29, 1.82) is 0 Å². The molecule has 0 aliphatic rings. The van der Waals surface area contributed by atoms with E-state index in [1.807, 2.05) is 0 Å². The Labute approximate surface area is 157 Å². The van der Waals surface area contributed by atoms with Gasteiger partial charge in [0, 0.05) is 37.7 Å². The van der Waals surface area contributed by atoms with E-state index in [-0.39, 0.29) is 37.3 Å². The summed E-state index contributed by atoms with van der Waals surface area (Å²) in [6, 6.07) is 11.2. The number of carbonyl (C=O) groups excluding carboxylic acids is 2. The third kappa shape index (κ3) is 5.44. The Morgan fingerprint density at radius 2 is 1.78 bits per heavy atom. The van der Waals surface area contributed by atoms with Crippen molar-refractivity contribution in [2.24, 2.45) is 0 Å². The second-order valence-corrected chi connectivity index (χ2v) is 5.86. The average Bonchev–Trinajstić information content (AvgIpc) is 2.67. The van der Waals surface area contributed by atoms with Gasteiger partial charge < -0.3 is 19.7 Å². The predicted molar refractivity (Wildman–Crippen MR) is 99.4 cm³/mol. The molecule has 0 radical (unpaired) electrons. The van der Waals surface area contributed by atoms with Crippen molar-refractivity contribution in [2.75, 3.05) is 27.3 Å². The summed E-state index contributed by atoms with van der Waals surface area (Å²) in [6.45, 7) is 2.06. The Bertz CT molecular complexity index is 810. The second kappa shape index (κ2) is 9.56. The number of benzene rings is 2. The van der Waals surface area contributed by atoms with Gasteiger partial charge in [0.25, 0.3) is 5.91 Å². The second-order valence-electron chi connectivity index (χ2n) is 5.86. The van der Waals surface area contributed by atoms with Crippen LogP contribution < -0.4 is 14.8 Å². The molecule has 0 aromatic heterocycles. The third-order valence-corrected chi connectivity index (χ3v) is 4.08. The zero-order chi connectivity index (χ0) is 19.8. The smallest absolute Gasteiger partial charge is 0.251 e. The van der Waals surface area contributed by atoms with Crippen molar-refractivity contribution in [2.45, 2.75) is 13.5 Å². The molecule has 6 nitrogen and oxygen atoms in total. The van der Waals surface area contributed by atoms with Gasteiger partial charge in [-0.1, -0.05) is 18.2 Å². The van der Waals surface area contributed by atoms with Crippen LogP contribution in [0.5, 0.6) is 11.5 Å². The number of carbonyl (C=O) groups is 2. The Balaban J connectivity index is 1.95. The van der Waals surface area contributed by atoms with Crippen LogP contribution in [-0.4, -0.2) is 44.0 Å². The molecule has 7 heteroatoms. The van der Waals surface area contributed by atoms with Crippen LogP contribution >= 0.6 is 0 Å². The van der Waals surface area contributed by atoms with Gasteiger partial charge in [-0.25, -0.2) is 4.39 Å². The van der Waals surface area contributed by atoms with E-state index in [0.29, 0.717) is 22.6 Å². The number of ether oxygens (including phenoxy) is 2. The molecule has 27 heavy (non-hydrogen) atoms. The molecule has 0 saturated carbocycles. The molecule has 0 fully saturated rings. The van der Waals surface area contributed by atoms with Crippen LogP contribution in [0.3, 0.4) is 0 Å². The average molecular weight is 374 g/mol. The summed E-state index contributed by atoms with van der Waals surface area (Å²) in [5, 5.41) is 2.75. The molecule has 0 aliphatic carbocycles. The van der Waals surface area contributed by atoms with Gasteiger partial charge >= 0.3 is 0 Å². The van der Waals surface area contributed by atoms with Crippen LogP contribution in [0.1, 0.15) is 22.8 Å². The molecule has 2 aromatic rings. The molecule has 0 spiro atoms. The zero-order valence-corrected chi connectivity index (χ0v) is 15.6. The molecular formula is C20H23FN2O4. The fourth-order valence-corrected chi connectivity index (χ4v) is 2.56. The topological polar surface area (TPSA) is 67.9 Å². The van der Waals surface area contributed by atoms with Gasteiger partial charge in [-0.3, -0.25) is 9.59 Å². The largest absolute Gasteiger partial charge is 0.493 e. The van der Waals surface area contributed by atoms with Gasteiger partial charge in [-0.2, -0.15) is 0 Å². The van der Waals surface area contributed by atoms with E-state index in [9.17, 15) is 14.0 Å². The molecule has 0 saturated heterocycles. The summed E-state index contributed by atoms with van der Waals surface area (Å²) in [6.07, 6.45) is 0. The first kappa shape index (κ1) is 20.2. The quantitative estimate of drug-likeness (QED) is 0.771. The molecule has 0 bridgehead atoms. The molecule has 0 unspecified atom stereocenters. The first-order valence-electron chi connectivity index (χ1n) is 8.45. The van der Waals surface area contributed by atoms with Crippen LogP contribution in [0.2, 0.25) is 0 Å². The van der Waals surface area contributed by atoms with Crippen molar-refractivity contribution in [1.82, 2.24) is 10.2 Å². The Hall–Kier alpha value is -3.09. The van der Waals surface area contributed by atoms with Crippen LogP contribution in [0, 0.1) is 5.82 Å². The van der Waals surface area contributed by atoms with E-state index in [2.05, 4.69) is 5.32 Å². The van der Waals surface area contributed by atoms with Gasteiger partial charge in [0.05, 0.1) is 14.2 Å². The summed E-state index contributed by atoms with van der Waals surface area (Å²) < 4.78 is 24.1. The first-order chi connectivity index (χ1) is 13.0. The summed E-state index contributed by atoms with van der Waals surface area (Å²) in [5.74, 6) is 0.124. The maximum Gasteiger partial charge on any atom is 0.251 e. The van der Waals surface area contributed by atoms with Gasteiger partial charge in [0.2, 0.25) is 5.91 Å². The number of nitrogens with one attached hydrogen (secondary N) is 1. The molecule has 144 valence electrons. The normalized spacial score (nSPS) is 10.2. The summed E-state index contributed by atoms with van der Waals surface area (Å²) in [4.78, 5) is 25.6.